The van der Waals surface area contributed by atoms with E-state index >= 15 is 0 Å². The first-order valence-corrected chi connectivity index (χ1v) is 5.81. The van der Waals surface area contributed by atoms with Gasteiger partial charge in [0.15, 0.2) is 0 Å². The van der Waals surface area contributed by atoms with Gasteiger partial charge in [0.25, 0.3) is 0 Å². The Morgan fingerprint density at radius 1 is 0.688 bits per heavy atom. The second kappa shape index (κ2) is 6.30. The quantitative estimate of drug-likeness (QED) is 0.758. The highest BCUT2D eigenvalue weighted by Gasteiger charge is 2.19. The third-order valence-corrected chi connectivity index (χ3v) is 2.98. The molecule has 0 spiro atoms. The van der Waals surface area contributed by atoms with E-state index in [0.29, 0.717) is 12.8 Å². The minimum atomic E-state index is -1.07. The lowest BCUT2D eigenvalue weighted by atomic mass is 9.94. The van der Waals surface area contributed by atoms with E-state index in [9.17, 15) is 9.59 Å². The Morgan fingerprint density at radius 3 is 1.31 bits per heavy atom. The highest BCUT2D eigenvalue weighted by molar-refractivity contribution is 5.98. The molecule has 0 aromatic heterocycles. The van der Waals surface area contributed by atoms with Gasteiger partial charge in [0.05, 0.1) is 0 Å². The first-order valence-electron chi connectivity index (χ1n) is 5.81. The number of carboxylic acids is 2. The summed E-state index contributed by atoms with van der Waals surface area (Å²) in [5.74, 6) is -2.14. The van der Waals surface area contributed by atoms with Gasteiger partial charge >= 0.3 is 11.9 Å². The molecule has 0 saturated heterocycles. The van der Waals surface area contributed by atoms with Crippen molar-refractivity contribution < 1.29 is 19.8 Å². The molecule has 4 nitrogen and oxygen atoms in total. The van der Waals surface area contributed by atoms with Gasteiger partial charge in [-0.3, -0.25) is 0 Å². The maximum Gasteiger partial charge on any atom is 0.332 e. The fourth-order valence-corrected chi connectivity index (χ4v) is 2.08. The molecule has 90 valence electrons. The summed E-state index contributed by atoms with van der Waals surface area (Å²) >= 11 is 0. The van der Waals surface area contributed by atoms with Crippen molar-refractivity contribution in [1.29, 1.82) is 0 Å². The van der Waals surface area contributed by atoms with Gasteiger partial charge < -0.3 is 10.2 Å². The van der Waals surface area contributed by atoms with E-state index in [4.69, 9.17) is 10.2 Å². The molecular weight excluding hydrogens is 208 g/mol. The highest BCUT2D eigenvalue weighted by Crippen LogP contribution is 2.22. The number of carbonyl (C=O) groups is 2. The maximum atomic E-state index is 11.0. The molecule has 0 aromatic carbocycles. The summed E-state index contributed by atoms with van der Waals surface area (Å²) in [6.07, 6.45) is 6.54. The van der Waals surface area contributed by atoms with E-state index in [1.165, 1.54) is 0 Å². The van der Waals surface area contributed by atoms with Crippen molar-refractivity contribution in [2.75, 3.05) is 0 Å². The molecule has 0 atom stereocenters. The minimum Gasteiger partial charge on any atom is -0.478 e. The first kappa shape index (κ1) is 12.7. The molecule has 4 heteroatoms. The van der Waals surface area contributed by atoms with Gasteiger partial charge in [-0.2, -0.15) is 0 Å². The van der Waals surface area contributed by atoms with Crippen molar-refractivity contribution in [3.05, 3.63) is 11.1 Å². The normalized spacial score (nSPS) is 19.2. The van der Waals surface area contributed by atoms with E-state index in [2.05, 4.69) is 0 Å². The predicted octanol–water partition coefficient (Wildman–Crippen LogP) is 2.59. The number of aliphatic carboxylic acids is 2. The van der Waals surface area contributed by atoms with Crippen molar-refractivity contribution >= 4 is 11.9 Å². The van der Waals surface area contributed by atoms with Gasteiger partial charge in [-0.15, -0.1) is 0 Å². The smallest absolute Gasteiger partial charge is 0.332 e. The van der Waals surface area contributed by atoms with Gasteiger partial charge in [-0.1, -0.05) is 25.7 Å². The summed E-state index contributed by atoms with van der Waals surface area (Å²) in [6.45, 7) is 0. The zero-order valence-electron chi connectivity index (χ0n) is 9.37. The molecule has 0 heterocycles. The number of rotatable bonds is 2. The van der Waals surface area contributed by atoms with Crippen molar-refractivity contribution in [3.8, 4) is 0 Å². The molecule has 0 aromatic rings. The summed E-state index contributed by atoms with van der Waals surface area (Å²) in [7, 11) is 0. The summed E-state index contributed by atoms with van der Waals surface area (Å²) in [4.78, 5) is 22.0. The fraction of sp³-hybridized carbons (Fsp3) is 0.667. The van der Waals surface area contributed by atoms with Crippen LogP contribution in [0.25, 0.3) is 0 Å². The third kappa shape index (κ3) is 3.68. The molecule has 0 saturated carbocycles. The molecule has 0 bridgehead atoms. The molecule has 2 N–H and O–H groups in total. The van der Waals surface area contributed by atoms with Crippen molar-refractivity contribution in [1.82, 2.24) is 0 Å². The molecule has 0 radical (unpaired) electrons. The van der Waals surface area contributed by atoms with Gasteiger partial charge in [0, 0.05) is 11.1 Å². The Kier molecular flexibility index (Phi) is 5.02. The number of carboxylic acid groups (broad SMARTS) is 2. The SMILES string of the molecule is O=C(O)C1=C(C(=O)O)CCCCCCCC1. The Balaban J connectivity index is 2.90. The van der Waals surface area contributed by atoms with E-state index in [1.807, 2.05) is 0 Å². The first-order chi connectivity index (χ1) is 7.63. The minimum absolute atomic E-state index is 0.106. The van der Waals surface area contributed by atoms with Crippen LogP contribution in [-0.4, -0.2) is 22.2 Å². The molecule has 0 unspecified atom stereocenters. The van der Waals surface area contributed by atoms with Gasteiger partial charge in [-0.05, 0) is 25.7 Å². The lowest BCUT2D eigenvalue weighted by Crippen LogP contribution is -2.12. The average Bonchev–Trinajstić information content (AvgIpc) is 2.24. The Bertz CT molecular complexity index is 274. The molecule has 1 aliphatic carbocycles. The topological polar surface area (TPSA) is 74.6 Å². The van der Waals surface area contributed by atoms with Crippen molar-refractivity contribution in [2.45, 2.75) is 51.4 Å². The summed E-state index contributed by atoms with van der Waals surface area (Å²) in [6, 6.07) is 0. The third-order valence-electron chi connectivity index (χ3n) is 2.98. The molecule has 0 fully saturated rings. The van der Waals surface area contributed by atoms with E-state index < -0.39 is 11.9 Å². The highest BCUT2D eigenvalue weighted by atomic mass is 16.4. The van der Waals surface area contributed by atoms with Crippen LogP contribution < -0.4 is 0 Å². The van der Waals surface area contributed by atoms with Gasteiger partial charge in [0.1, 0.15) is 0 Å². The van der Waals surface area contributed by atoms with Crippen molar-refractivity contribution in [3.63, 3.8) is 0 Å². The van der Waals surface area contributed by atoms with Crippen LogP contribution in [-0.2, 0) is 9.59 Å². The van der Waals surface area contributed by atoms with Crippen LogP contribution >= 0.6 is 0 Å². The second-order valence-corrected chi connectivity index (χ2v) is 4.19. The van der Waals surface area contributed by atoms with E-state index in [-0.39, 0.29) is 11.1 Å². The second-order valence-electron chi connectivity index (χ2n) is 4.19. The summed E-state index contributed by atoms with van der Waals surface area (Å²) < 4.78 is 0. The predicted molar refractivity (Wildman–Crippen MR) is 59.2 cm³/mol. The zero-order chi connectivity index (χ0) is 12.0. The number of hydrogen-bond donors (Lipinski definition) is 2. The van der Waals surface area contributed by atoms with Crippen LogP contribution in [0.4, 0.5) is 0 Å². The Labute approximate surface area is 95.0 Å². The lowest BCUT2D eigenvalue weighted by molar-refractivity contribution is -0.136. The summed E-state index contributed by atoms with van der Waals surface area (Å²) in [5.41, 5.74) is 0.212. The monoisotopic (exact) mass is 226 g/mol. The van der Waals surface area contributed by atoms with Crippen LogP contribution in [0.15, 0.2) is 11.1 Å². The van der Waals surface area contributed by atoms with Crippen molar-refractivity contribution in [2.24, 2.45) is 0 Å². The molecular formula is C12H18O4. The van der Waals surface area contributed by atoms with Gasteiger partial charge in [-0.25, -0.2) is 9.59 Å². The fourth-order valence-electron chi connectivity index (χ4n) is 2.08. The molecule has 1 rings (SSSR count). The zero-order valence-corrected chi connectivity index (χ0v) is 9.37. The lowest BCUT2D eigenvalue weighted by Gasteiger charge is -2.11. The molecule has 1 aliphatic rings. The number of hydrogen-bond acceptors (Lipinski definition) is 2. The van der Waals surface area contributed by atoms with Crippen LogP contribution in [0, 0.1) is 0 Å². The summed E-state index contributed by atoms with van der Waals surface area (Å²) in [5, 5.41) is 18.0. The van der Waals surface area contributed by atoms with Crippen LogP contribution in [0.5, 0.6) is 0 Å². The van der Waals surface area contributed by atoms with E-state index in [1.54, 1.807) is 0 Å². The van der Waals surface area contributed by atoms with Crippen LogP contribution in [0.1, 0.15) is 51.4 Å². The largest absolute Gasteiger partial charge is 0.478 e. The average molecular weight is 226 g/mol. The molecule has 0 amide bonds. The maximum absolute atomic E-state index is 11.0. The Morgan fingerprint density at radius 2 is 1.00 bits per heavy atom. The van der Waals surface area contributed by atoms with E-state index in [0.717, 1.165) is 38.5 Å². The molecule has 0 aliphatic heterocycles. The Hall–Kier alpha value is -1.32. The molecule has 16 heavy (non-hydrogen) atoms. The standard InChI is InChI=1S/C12H18O4/c13-11(14)9-7-5-3-1-2-4-6-8-10(9)12(15)16/h1-8H2,(H,13,14)(H,15,16). The van der Waals surface area contributed by atoms with Gasteiger partial charge in [0.2, 0.25) is 0 Å². The van der Waals surface area contributed by atoms with Crippen LogP contribution in [0.3, 0.4) is 0 Å². The van der Waals surface area contributed by atoms with Crippen LogP contribution in [0.2, 0.25) is 0 Å².